The fraction of sp³-hybridized carbons (Fsp3) is 0.750. The fourth-order valence-electron chi connectivity index (χ4n) is 2.74. The Hall–Kier alpha value is -0.440. The predicted octanol–water partition coefficient (Wildman–Crippen LogP) is 2.85. The second-order valence-corrected chi connectivity index (χ2v) is 7.13. The summed E-state index contributed by atoms with van der Waals surface area (Å²) in [6.45, 7) is 8.86. The molecule has 1 aliphatic heterocycles. The van der Waals surface area contributed by atoms with Crippen LogP contribution in [0.15, 0.2) is 4.99 Å². The van der Waals surface area contributed by atoms with Crippen molar-refractivity contribution in [3.8, 4) is 0 Å². The van der Waals surface area contributed by atoms with E-state index in [0.717, 1.165) is 30.7 Å². The lowest BCUT2D eigenvalue weighted by Gasteiger charge is -2.22. The molecule has 0 saturated carbocycles. The molecule has 0 unspecified atom stereocenters. The van der Waals surface area contributed by atoms with Crippen molar-refractivity contribution in [1.82, 2.24) is 20.4 Å². The minimum Gasteiger partial charge on any atom is -0.357 e. The van der Waals surface area contributed by atoms with E-state index in [1.54, 1.807) is 0 Å². The number of aromatic nitrogens is 2. The zero-order valence-electron chi connectivity index (χ0n) is 14.7. The van der Waals surface area contributed by atoms with E-state index in [0.29, 0.717) is 6.54 Å². The van der Waals surface area contributed by atoms with Crippen molar-refractivity contribution in [1.29, 1.82) is 0 Å². The lowest BCUT2D eigenvalue weighted by Crippen LogP contribution is -2.40. The first-order valence-electron chi connectivity index (χ1n) is 8.20. The van der Waals surface area contributed by atoms with Gasteiger partial charge in [0.15, 0.2) is 5.96 Å². The molecule has 132 valence electrons. The number of thioether (sulfide) groups is 1. The Morgan fingerprint density at radius 3 is 2.57 bits per heavy atom. The number of halogens is 1. The molecule has 0 spiro atoms. The van der Waals surface area contributed by atoms with Gasteiger partial charge in [-0.1, -0.05) is 0 Å². The highest BCUT2D eigenvalue weighted by molar-refractivity contribution is 14.0. The van der Waals surface area contributed by atoms with Gasteiger partial charge < -0.3 is 10.6 Å². The first-order chi connectivity index (χ1) is 10.6. The van der Waals surface area contributed by atoms with Crippen molar-refractivity contribution in [2.45, 2.75) is 40.2 Å². The zero-order chi connectivity index (χ0) is 15.9. The minimum absolute atomic E-state index is 0. The Kier molecular flexibility index (Phi) is 9.34. The van der Waals surface area contributed by atoms with Crippen LogP contribution in [0, 0.1) is 19.8 Å². The lowest BCUT2D eigenvalue weighted by molar-refractivity contribution is 0.479. The molecule has 1 aliphatic rings. The Morgan fingerprint density at radius 2 is 2.00 bits per heavy atom. The van der Waals surface area contributed by atoms with Crippen molar-refractivity contribution in [3.63, 3.8) is 0 Å². The van der Waals surface area contributed by atoms with Gasteiger partial charge in [-0.15, -0.1) is 24.0 Å². The van der Waals surface area contributed by atoms with E-state index in [1.807, 2.05) is 11.7 Å². The standard InChI is InChI=1S/C16H29N5S.HI/c1-5-17-16(18-10-14-6-8-22-9-7-14)19-11-15-12(2)20-21(4)13(15)3;/h14H,5-11H2,1-4H3,(H2,17,18,19);1H. The van der Waals surface area contributed by atoms with E-state index in [-0.39, 0.29) is 24.0 Å². The number of rotatable bonds is 5. The fourth-order valence-corrected chi connectivity index (χ4v) is 3.94. The third-order valence-electron chi connectivity index (χ3n) is 4.30. The van der Waals surface area contributed by atoms with Gasteiger partial charge in [0.2, 0.25) is 0 Å². The summed E-state index contributed by atoms with van der Waals surface area (Å²) in [6, 6.07) is 0. The number of hydrogen-bond acceptors (Lipinski definition) is 3. The minimum atomic E-state index is 0. The van der Waals surface area contributed by atoms with E-state index in [1.165, 1.54) is 35.6 Å². The van der Waals surface area contributed by atoms with E-state index in [9.17, 15) is 0 Å². The average Bonchev–Trinajstić information content (AvgIpc) is 2.76. The molecular formula is C16H30IN5S. The number of nitrogens with zero attached hydrogens (tertiary/aromatic N) is 3. The molecule has 23 heavy (non-hydrogen) atoms. The van der Waals surface area contributed by atoms with Gasteiger partial charge in [0.1, 0.15) is 0 Å². The highest BCUT2D eigenvalue weighted by Crippen LogP contribution is 2.21. The van der Waals surface area contributed by atoms with Crippen LogP contribution >= 0.6 is 35.7 Å². The maximum atomic E-state index is 4.74. The smallest absolute Gasteiger partial charge is 0.191 e. The molecular weight excluding hydrogens is 421 g/mol. The summed E-state index contributed by atoms with van der Waals surface area (Å²) in [5.41, 5.74) is 3.50. The molecule has 2 rings (SSSR count). The van der Waals surface area contributed by atoms with Gasteiger partial charge in [-0.3, -0.25) is 4.68 Å². The molecule has 1 aromatic heterocycles. The van der Waals surface area contributed by atoms with Crippen LogP contribution < -0.4 is 10.6 Å². The van der Waals surface area contributed by atoms with E-state index in [2.05, 4.69) is 48.3 Å². The summed E-state index contributed by atoms with van der Waals surface area (Å²) in [5.74, 6) is 4.30. The maximum Gasteiger partial charge on any atom is 0.191 e. The molecule has 1 aromatic rings. The summed E-state index contributed by atoms with van der Waals surface area (Å²) < 4.78 is 1.93. The van der Waals surface area contributed by atoms with Crippen LogP contribution in [0.5, 0.6) is 0 Å². The number of aryl methyl sites for hydroxylation is 2. The summed E-state index contributed by atoms with van der Waals surface area (Å²) in [4.78, 5) is 4.74. The van der Waals surface area contributed by atoms with Gasteiger partial charge >= 0.3 is 0 Å². The van der Waals surface area contributed by atoms with Crippen molar-refractivity contribution in [2.75, 3.05) is 24.6 Å². The van der Waals surface area contributed by atoms with Crippen molar-refractivity contribution >= 4 is 41.7 Å². The normalized spacial score (nSPS) is 16.1. The SMILES string of the molecule is CCNC(=NCc1c(C)nn(C)c1C)NCC1CCSCC1.I. The molecule has 1 fully saturated rings. The van der Waals surface area contributed by atoms with E-state index >= 15 is 0 Å². The highest BCUT2D eigenvalue weighted by atomic mass is 127. The molecule has 2 heterocycles. The molecule has 5 nitrogen and oxygen atoms in total. The molecule has 1 saturated heterocycles. The highest BCUT2D eigenvalue weighted by Gasteiger charge is 2.14. The van der Waals surface area contributed by atoms with Crippen LogP contribution in [0.1, 0.15) is 36.7 Å². The zero-order valence-corrected chi connectivity index (χ0v) is 17.8. The van der Waals surface area contributed by atoms with Gasteiger partial charge in [0.05, 0.1) is 12.2 Å². The van der Waals surface area contributed by atoms with Crippen molar-refractivity contribution in [2.24, 2.45) is 18.0 Å². The van der Waals surface area contributed by atoms with Crippen LogP contribution in [0.4, 0.5) is 0 Å². The summed E-state index contributed by atoms with van der Waals surface area (Å²) in [7, 11) is 1.99. The number of guanidine groups is 1. The largest absolute Gasteiger partial charge is 0.357 e. The van der Waals surface area contributed by atoms with E-state index in [4.69, 9.17) is 4.99 Å². The number of nitrogens with one attached hydrogen (secondary N) is 2. The summed E-state index contributed by atoms with van der Waals surface area (Å²) >= 11 is 2.07. The molecule has 0 radical (unpaired) electrons. The van der Waals surface area contributed by atoms with Crippen molar-refractivity contribution < 1.29 is 0 Å². The first kappa shape index (κ1) is 20.6. The number of aliphatic imine (C=N–C) groups is 1. The second-order valence-electron chi connectivity index (χ2n) is 5.90. The molecule has 2 N–H and O–H groups in total. The van der Waals surface area contributed by atoms with Crippen LogP contribution in [0.25, 0.3) is 0 Å². The predicted molar refractivity (Wildman–Crippen MR) is 111 cm³/mol. The van der Waals surface area contributed by atoms with Gasteiger partial charge in [0.25, 0.3) is 0 Å². The molecule has 0 bridgehead atoms. The molecule has 0 amide bonds. The Balaban J connectivity index is 0.00000264. The lowest BCUT2D eigenvalue weighted by atomic mass is 10.0. The third kappa shape index (κ3) is 6.17. The second kappa shape index (κ2) is 10.4. The molecule has 0 aromatic carbocycles. The van der Waals surface area contributed by atoms with Crippen LogP contribution in [-0.4, -0.2) is 40.3 Å². The maximum absolute atomic E-state index is 4.74. The quantitative estimate of drug-likeness (QED) is 0.411. The topological polar surface area (TPSA) is 54.2 Å². The van der Waals surface area contributed by atoms with Gasteiger partial charge in [-0.05, 0) is 51.0 Å². The Labute approximate surface area is 161 Å². The average molecular weight is 451 g/mol. The van der Waals surface area contributed by atoms with Crippen molar-refractivity contribution in [3.05, 3.63) is 17.0 Å². The van der Waals surface area contributed by atoms with Crippen LogP contribution in [-0.2, 0) is 13.6 Å². The van der Waals surface area contributed by atoms with Crippen LogP contribution in [0.2, 0.25) is 0 Å². The van der Waals surface area contributed by atoms with Crippen LogP contribution in [0.3, 0.4) is 0 Å². The Morgan fingerprint density at radius 1 is 1.30 bits per heavy atom. The number of hydrogen-bond donors (Lipinski definition) is 2. The summed E-state index contributed by atoms with van der Waals surface area (Å²) in [6.07, 6.45) is 2.63. The third-order valence-corrected chi connectivity index (χ3v) is 5.35. The molecule has 7 heteroatoms. The van der Waals surface area contributed by atoms with E-state index < -0.39 is 0 Å². The van der Waals surface area contributed by atoms with Gasteiger partial charge in [-0.2, -0.15) is 16.9 Å². The molecule has 0 aliphatic carbocycles. The molecule has 0 atom stereocenters. The van der Waals surface area contributed by atoms with Gasteiger partial charge in [0, 0.05) is 31.4 Å². The Bertz CT molecular complexity index is 509. The van der Waals surface area contributed by atoms with Gasteiger partial charge in [-0.25, -0.2) is 4.99 Å². The summed E-state index contributed by atoms with van der Waals surface area (Å²) in [5, 5.41) is 11.3. The first-order valence-corrected chi connectivity index (χ1v) is 9.36. The monoisotopic (exact) mass is 451 g/mol.